The summed E-state index contributed by atoms with van der Waals surface area (Å²) >= 11 is 6.47. The summed E-state index contributed by atoms with van der Waals surface area (Å²) in [4.78, 5) is 40.1. The summed E-state index contributed by atoms with van der Waals surface area (Å²) in [7, 11) is 3.03. The molecule has 0 saturated carbocycles. The molecule has 2 atom stereocenters. The van der Waals surface area contributed by atoms with Gasteiger partial charge in [0.05, 0.1) is 32.8 Å². The molecule has 1 aliphatic heterocycles. The van der Waals surface area contributed by atoms with Gasteiger partial charge in [0.2, 0.25) is 5.91 Å². The average molecular weight is 882 g/mol. The number of halogens is 1. The van der Waals surface area contributed by atoms with Crippen molar-refractivity contribution in [3.63, 3.8) is 0 Å². The molecular weight excluding hydrogens is 843 g/mol. The molecule has 0 unspecified atom stereocenters. The second kappa shape index (κ2) is 17.5. The van der Waals surface area contributed by atoms with Crippen molar-refractivity contribution in [3.05, 3.63) is 82.4 Å². The zero-order chi connectivity index (χ0) is 33.4. The normalized spacial score (nSPS) is 16.0. The number of nitrogens with zero attached hydrogens (tertiary/aromatic N) is 1. The Morgan fingerprint density at radius 2 is 1.79 bits per heavy atom. The number of hydrogen-bond donors (Lipinski definition) is 3. The van der Waals surface area contributed by atoms with E-state index in [2.05, 4.69) is 5.32 Å². The van der Waals surface area contributed by atoms with Crippen LogP contribution in [0.1, 0.15) is 54.3 Å². The summed E-state index contributed by atoms with van der Waals surface area (Å²) in [6, 6.07) is 16.6. The molecule has 0 aliphatic carbocycles. The Morgan fingerprint density at radius 1 is 1.04 bits per heavy atom. The van der Waals surface area contributed by atoms with Crippen LogP contribution in [0.25, 0.3) is 0 Å². The molecule has 1 aliphatic rings. The number of para-hydroxylation sites is 1. The molecule has 13 heteroatoms. The van der Waals surface area contributed by atoms with Crippen LogP contribution in [0.4, 0.5) is 5.69 Å². The summed E-state index contributed by atoms with van der Waals surface area (Å²) in [5, 5.41) is 22.5. The van der Waals surface area contributed by atoms with Crippen LogP contribution in [-0.4, -0.2) is 74.6 Å². The number of aromatic carboxylic acids is 1. The minimum atomic E-state index is -1.20. The van der Waals surface area contributed by atoms with Crippen LogP contribution < -0.4 is 24.4 Å². The van der Waals surface area contributed by atoms with Crippen molar-refractivity contribution in [1.82, 2.24) is 5.32 Å². The molecule has 11 nitrogen and oxygen atoms in total. The molecule has 2 amide bonds. The van der Waals surface area contributed by atoms with E-state index in [1.807, 2.05) is 13.8 Å². The Balaban J connectivity index is 0.00000600. The molecule has 4 rings (SSSR count). The Kier molecular flexibility index (Phi) is 14.4. The van der Waals surface area contributed by atoms with Crippen molar-refractivity contribution < 1.29 is 87.6 Å². The number of methoxy groups -OCH3 is 2. The number of carboxylic acid groups (broad SMARTS) is 1. The van der Waals surface area contributed by atoms with Gasteiger partial charge in [0, 0.05) is 91.0 Å². The van der Waals surface area contributed by atoms with E-state index in [0.717, 1.165) is 0 Å². The molecule has 3 N–H and O–H groups in total. The third kappa shape index (κ3) is 9.83. The number of hydrogen-bond acceptors (Lipinski definition) is 8. The fourth-order valence-corrected chi connectivity index (χ4v) is 5.34. The van der Waals surface area contributed by atoms with Crippen molar-refractivity contribution in [1.29, 1.82) is 0 Å². The Labute approximate surface area is 315 Å². The maximum Gasteiger partial charge on any atom is 0.335 e. The molecule has 1 heterocycles. The van der Waals surface area contributed by atoms with Gasteiger partial charge in [-0.15, -0.1) is 0 Å². The summed E-state index contributed by atoms with van der Waals surface area (Å²) in [6.07, 6.45) is -1.90. The van der Waals surface area contributed by atoms with E-state index in [9.17, 15) is 19.5 Å². The van der Waals surface area contributed by atoms with E-state index in [1.165, 1.54) is 26.4 Å². The zero-order valence-electron chi connectivity index (χ0n) is 26.8. The first-order valence-corrected chi connectivity index (χ1v) is 15.2. The van der Waals surface area contributed by atoms with Gasteiger partial charge in [-0.3, -0.25) is 9.59 Å². The van der Waals surface area contributed by atoms with Crippen molar-refractivity contribution >= 4 is 35.1 Å². The Bertz CT molecular complexity index is 1570. The SMILES string of the molecule is COc1cccc([C@H]2O[C@H](CC(=O)NCCCOc3cccc(C(=O)O)c3)C(=O)N(CC(C)(C)CO)c3ccc(Cl)cc32)c1OC.[Ac]. The predicted molar refractivity (Wildman–Crippen MR) is 172 cm³/mol. The van der Waals surface area contributed by atoms with Gasteiger partial charge in [-0.1, -0.05) is 43.6 Å². The maximum atomic E-state index is 14.2. The van der Waals surface area contributed by atoms with Crippen molar-refractivity contribution in [3.8, 4) is 17.2 Å². The molecule has 3 aromatic rings. The molecule has 249 valence electrons. The molecule has 0 saturated heterocycles. The number of carbonyl (C=O) groups is 3. The second-order valence-corrected chi connectivity index (χ2v) is 12.1. The van der Waals surface area contributed by atoms with Gasteiger partial charge in [-0.05, 0) is 48.9 Å². The molecule has 0 fully saturated rings. The maximum absolute atomic E-state index is 14.2. The quantitative estimate of drug-likeness (QED) is 0.194. The van der Waals surface area contributed by atoms with Gasteiger partial charge < -0.3 is 39.4 Å². The van der Waals surface area contributed by atoms with E-state index in [1.54, 1.807) is 53.4 Å². The van der Waals surface area contributed by atoms with Gasteiger partial charge in [0.15, 0.2) is 11.5 Å². The summed E-state index contributed by atoms with van der Waals surface area (Å²) in [5.41, 5.74) is 1.16. The molecule has 0 aromatic heterocycles. The molecular formula is C34H39AcClN2O9. The van der Waals surface area contributed by atoms with E-state index in [-0.39, 0.29) is 82.3 Å². The number of nitrogens with one attached hydrogen (secondary N) is 1. The van der Waals surface area contributed by atoms with Crippen LogP contribution in [0.2, 0.25) is 5.02 Å². The Hall–Kier alpha value is -2.88. The van der Waals surface area contributed by atoms with Crippen molar-refractivity contribution in [2.24, 2.45) is 5.41 Å². The number of carbonyl (C=O) groups excluding carboxylic acids is 2. The van der Waals surface area contributed by atoms with Crippen LogP contribution in [0, 0.1) is 49.5 Å². The van der Waals surface area contributed by atoms with Gasteiger partial charge in [-0.2, -0.15) is 0 Å². The minimum absolute atomic E-state index is 0. The van der Waals surface area contributed by atoms with Gasteiger partial charge in [0.25, 0.3) is 5.91 Å². The van der Waals surface area contributed by atoms with Crippen molar-refractivity contribution in [2.75, 3.05) is 45.4 Å². The number of amides is 2. The fraction of sp³-hybridized carbons (Fsp3) is 0.382. The number of carboxylic acids is 1. The van der Waals surface area contributed by atoms with Crippen LogP contribution in [0.3, 0.4) is 0 Å². The third-order valence-electron chi connectivity index (χ3n) is 7.50. The van der Waals surface area contributed by atoms with Crippen LogP contribution in [0.5, 0.6) is 17.2 Å². The second-order valence-electron chi connectivity index (χ2n) is 11.6. The van der Waals surface area contributed by atoms with E-state index >= 15 is 0 Å². The largest absolute Gasteiger partial charge is 0.494 e. The number of rotatable bonds is 14. The number of aliphatic hydroxyl groups excluding tert-OH is 1. The summed E-state index contributed by atoms with van der Waals surface area (Å²) < 4.78 is 23.4. The van der Waals surface area contributed by atoms with Crippen molar-refractivity contribution in [2.45, 2.75) is 38.9 Å². The van der Waals surface area contributed by atoms with Crippen LogP contribution in [-0.2, 0) is 14.3 Å². The number of benzene rings is 3. The number of aliphatic hydroxyl groups is 1. The number of ether oxygens (including phenoxy) is 4. The van der Waals surface area contributed by atoms with E-state index in [0.29, 0.717) is 45.5 Å². The number of fused-ring (bicyclic) bond motifs is 1. The average Bonchev–Trinajstić information content (AvgIpc) is 3.14. The van der Waals surface area contributed by atoms with Gasteiger partial charge in [-0.25, -0.2) is 4.79 Å². The topological polar surface area (TPSA) is 144 Å². The van der Waals surface area contributed by atoms with Gasteiger partial charge >= 0.3 is 5.97 Å². The molecule has 3 aromatic carbocycles. The summed E-state index contributed by atoms with van der Waals surface area (Å²) in [6.45, 7) is 4.14. The van der Waals surface area contributed by atoms with Crippen LogP contribution >= 0.6 is 11.6 Å². The summed E-state index contributed by atoms with van der Waals surface area (Å²) in [5.74, 6) is -0.612. The standard InChI is InChI=1S/C34H39ClN2O9.Ac/c1-34(2,20-38)19-37-26-13-12-22(35)17-25(26)30(24-10-6-11-27(43-3)31(24)44-4)46-28(32(37)40)18-29(39)36-14-7-15-45-23-9-5-8-21(16-23)33(41)42;/h5-6,8-13,16-17,28,30,38H,7,14-15,18-20H2,1-4H3,(H,36,39)(H,41,42);/t28-,30-;/m1./s1. The minimum Gasteiger partial charge on any atom is -0.494 e. The molecule has 1 radical (unpaired) electrons. The first-order chi connectivity index (χ1) is 22.0. The van der Waals surface area contributed by atoms with Crippen LogP contribution in [0.15, 0.2) is 60.7 Å². The van der Waals surface area contributed by atoms with E-state index < -0.39 is 35.4 Å². The van der Waals surface area contributed by atoms with E-state index in [4.69, 9.17) is 35.7 Å². The Morgan fingerprint density at radius 3 is 2.47 bits per heavy atom. The first kappa shape index (κ1) is 38.6. The third-order valence-corrected chi connectivity index (χ3v) is 7.73. The number of anilines is 1. The smallest absolute Gasteiger partial charge is 0.335 e. The monoisotopic (exact) mass is 881 g/mol. The zero-order valence-corrected chi connectivity index (χ0v) is 32.3. The molecule has 0 spiro atoms. The fourth-order valence-electron chi connectivity index (χ4n) is 5.15. The predicted octanol–water partition coefficient (Wildman–Crippen LogP) is 4.87. The first-order valence-electron chi connectivity index (χ1n) is 14.8. The molecule has 0 bridgehead atoms. The molecule has 47 heavy (non-hydrogen) atoms. The van der Waals surface area contributed by atoms with Gasteiger partial charge in [0.1, 0.15) is 18.0 Å².